The molecule has 1 atom stereocenters. The Balaban J connectivity index is 1.43. The lowest BCUT2D eigenvalue weighted by molar-refractivity contribution is -0.132. The molecule has 3 rings (SSSR count). The number of benzene rings is 1. The van der Waals surface area contributed by atoms with E-state index < -0.39 is 9.84 Å². The maximum absolute atomic E-state index is 12.5. The minimum atomic E-state index is -3.17. The second-order valence-electron chi connectivity index (χ2n) is 7.67. The lowest BCUT2D eigenvalue weighted by Gasteiger charge is -2.36. The monoisotopic (exact) mass is 394 g/mol. The van der Waals surface area contributed by atoms with Crippen molar-refractivity contribution in [3.05, 3.63) is 29.8 Å². The average molecular weight is 395 g/mol. The molecule has 1 aromatic carbocycles. The number of carbonyl (C=O) groups is 1. The van der Waals surface area contributed by atoms with Gasteiger partial charge in [-0.3, -0.25) is 9.69 Å². The summed E-state index contributed by atoms with van der Waals surface area (Å²) in [4.78, 5) is 17.3. The molecule has 0 N–H and O–H groups in total. The number of rotatable bonds is 6. The van der Waals surface area contributed by atoms with Crippen molar-refractivity contribution in [2.24, 2.45) is 0 Å². The quantitative estimate of drug-likeness (QED) is 0.735. The topological polar surface area (TPSA) is 66.9 Å². The molecule has 2 aliphatic rings. The summed E-state index contributed by atoms with van der Waals surface area (Å²) in [5.74, 6) is 0.192. The van der Waals surface area contributed by atoms with Gasteiger partial charge in [-0.2, -0.15) is 0 Å². The Hall–Kier alpha value is -1.44. The van der Waals surface area contributed by atoms with Crippen LogP contribution in [0.5, 0.6) is 0 Å². The lowest BCUT2D eigenvalue weighted by Crippen LogP contribution is -2.46. The highest BCUT2D eigenvalue weighted by molar-refractivity contribution is 7.90. The zero-order chi connectivity index (χ0) is 19.4. The van der Waals surface area contributed by atoms with Gasteiger partial charge in [0.15, 0.2) is 9.84 Å². The van der Waals surface area contributed by atoms with Gasteiger partial charge in [-0.1, -0.05) is 12.1 Å². The van der Waals surface area contributed by atoms with Crippen molar-refractivity contribution in [2.75, 3.05) is 39.5 Å². The molecule has 0 spiro atoms. The number of sulfone groups is 1. The van der Waals surface area contributed by atoms with E-state index in [0.29, 0.717) is 29.9 Å². The summed E-state index contributed by atoms with van der Waals surface area (Å²) in [6.45, 7) is 3.76. The van der Waals surface area contributed by atoms with Gasteiger partial charge in [0.05, 0.1) is 11.0 Å². The molecule has 2 fully saturated rings. The van der Waals surface area contributed by atoms with Crippen molar-refractivity contribution in [3.8, 4) is 0 Å². The van der Waals surface area contributed by atoms with E-state index in [1.54, 1.807) is 31.4 Å². The highest BCUT2D eigenvalue weighted by atomic mass is 32.2. The summed E-state index contributed by atoms with van der Waals surface area (Å²) in [5.41, 5.74) is 0.994. The molecule has 6 nitrogen and oxygen atoms in total. The number of likely N-dealkylation sites (tertiary alicyclic amines) is 2. The van der Waals surface area contributed by atoms with Crippen molar-refractivity contribution in [1.82, 2.24) is 9.80 Å². The summed E-state index contributed by atoms with van der Waals surface area (Å²) in [5, 5.41) is 0. The van der Waals surface area contributed by atoms with Gasteiger partial charge in [0.25, 0.3) is 0 Å². The Morgan fingerprint density at radius 2 is 1.78 bits per heavy atom. The fraction of sp³-hybridized carbons (Fsp3) is 0.650. The first-order chi connectivity index (χ1) is 12.9. The number of carbonyl (C=O) groups excluding carboxylic acids is 1. The minimum absolute atomic E-state index is 0.192. The highest BCUT2D eigenvalue weighted by Crippen LogP contribution is 2.23. The van der Waals surface area contributed by atoms with Crippen LogP contribution in [0.1, 0.15) is 31.2 Å². The largest absolute Gasteiger partial charge is 0.380 e. The first-order valence-corrected chi connectivity index (χ1v) is 11.6. The molecule has 2 heterocycles. The first kappa shape index (κ1) is 20.3. The summed E-state index contributed by atoms with van der Waals surface area (Å²) in [7, 11) is -1.39. The Morgan fingerprint density at radius 1 is 1.11 bits per heavy atom. The van der Waals surface area contributed by atoms with Crippen LogP contribution in [-0.4, -0.2) is 75.8 Å². The summed E-state index contributed by atoms with van der Waals surface area (Å²) in [6.07, 6.45) is 5.85. The highest BCUT2D eigenvalue weighted by Gasteiger charge is 2.31. The Labute approximate surface area is 162 Å². The van der Waals surface area contributed by atoms with E-state index in [4.69, 9.17) is 4.74 Å². The normalized spacial score (nSPS) is 22.3. The lowest BCUT2D eigenvalue weighted by atomic mass is 10.0. The van der Waals surface area contributed by atoms with Gasteiger partial charge in [0, 0.05) is 52.0 Å². The second kappa shape index (κ2) is 8.71. The molecule has 27 heavy (non-hydrogen) atoms. The SMILES string of the molecule is CO[C@H]1CCN(C2CCN(C(=O)CCc3ccc(S(C)(=O)=O)cc3)CC2)C1. The van der Waals surface area contributed by atoms with Crippen LogP contribution >= 0.6 is 0 Å². The van der Waals surface area contributed by atoms with Gasteiger partial charge >= 0.3 is 0 Å². The molecule has 2 aliphatic heterocycles. The molecule has 0 aliphatic carbocycles. The van der Waals surface area contributed by atoms with Crippen LogP contribution in [0.2, 0.25) is 0 Å². The Morgan fingerprint density at radius 3 is 2.33 bits per heavy atom. The molecular weight excluding hydrogens is 364 g/mol. The number of ether oxygens (including phenoxy) is 1. The van der Waals surface area contributed by atoms with E-state index in [1.165, 1.54) is 6.26 Å². The Bertz CT molecular complexity index is 740. The van der Waals surface area contributed by atoms with Crippen molar-refractivity contribution in [1.29, 1.82) is 0 Å². The van der Waals surface area contributed by atoms with E-state index in [0.717, 1.165) is 51.0 Å². The van der Waals surface area contributed by atoms with Crippen LogP contribution in [0.15, 0.2) is 29.2 Å². The van der Waals surface area contributed by atoms with Crippen LogP contribution in [-0.2, 0) is 25.8 Å². The van der Waals surface area contributed by atoms with Crippen molar-refractivity contribution in [3.63, 3.8) is 0 Å². The predicted molar refractivity (Wildman–Crippen MR) is 104 cm³/mol. The number of piperidine rings is 1. The van der Waals surface area contributed by atoms with Gasteiger partial charge in [0.1, 0.15) is 0 Å². The van der Waals surface area contributed by atoms with Crippen LogP contribution in [0, 0.1) is 0 Å². The van der Waals surface area contributed by atoms with E-state index in [9.17, 15) is 13.2 Å². The third kappa shape index (κ3) is 5.30. The van der Waals surface area contributed by atoms with E-state index in [-0.39, 0.29) is 5.91 Å². The van der Waals surface area contributed by atoms with Crippen LogP contribution < -0.4 is 0 Å². The summed E-state index contributed by atoms with van der Waals surface area (Å²) in [6, 6.07) is 7.40. The standard InChI is InChI=1S/C20H30N2O4S/c1-26-18-11-14-22(15-18)17-9-12-21(13-10-17)20(23)8-5-16-3-6-19(7-4-16)27(2,24)25/h3-4,6-7,17-18H,5,8-15H2,1-2H3/t18-/m0/s1. The number of methoxy groups -OCH3 is 1. The summed E-state index contributed by atoms with van der Waals surface area (Å²) >= 11 is 0. The second-order valence-corrected chi connectivity index (χ2v) is 9.69. The maximum atomic E-state index is 12.5. The molecule has 0 unspecified atom stereocenters. The maximum Gasteiger partial charge on any atom is 0.222 e. The van der Waals surface area contributed by atoms with Crippen LogP contribution in [0.25, 0.3) is 0 Å². The molecule has 2 saturated heterocycles. The zero-order valence-corrected chi connectivity index (χ0v) is 17.1. The van der Waals surface area contributed by atoms with Gasteiger partial charge < -0.3 is 9.64 Å². The third-order valence-corrected chi connectivity index (χ3v) is 6.95. The Kier molecular flexibility index (Phi) is 6.55. The molecular formula is C20H30N2O4S. The fourth-order valence-corrected chi connectivity index (χ4v) is 4.70. The van der Waals surface area contributed by atoms with Crippen molar-refractivity contribution in [2.45, 2.75) is 49.1 Å². The van der Waals surface area contributed by atoms with E-state index in [2.05, 4.69) is 4.90 Å². The van der Waals surface area contributed by atoms with Gasteiger partial charge in [0.2, 0.25) is 5.91 Å². The predicted octanol–water partition coefficient (Wildman–Crippen LogP) is 1.73. The first-order valence-electron chi connectivity index (χ1n) is 9.70. The molecule has 150 valence electrons. The number of hydrogen-bond acceptors (Lipinski definition) is 5. The van der Waals surface area contributed by atoms with E-state index >= 15 is 0 Å². The number of amides is 1. The summed E-state index contributed by atoms with van der Waals surface area (Å²) < 4.78 is 28.5. The third-order valence-electron chi connectivity index (χ3n) is 5.82. The van der Waals surface area contributed by atoms with Crippen LogP contribution in [0.4, 0.5) is 0 Å². The molecule has 0 radical (unpaired) electrons. The molecule has 1 amide bonds. The average Bonchev–Trinajstić information content (AvgIpc) is 3.15. The van der Waals surface area contributed by atoms with Crippen molar-refractivity contribution >= 4 is 15.7 Å². The van der Waals surface area contributed by atoms with E-state index in [1.807, 2.05) is 4.90 Å². The zero-order valence-electron chi connectivity index (χ0n) is 16.3. The molecule has 0 aromatic heterocycles. The number of hydrogen-bond donors (Lipinski definition) is 0. The smallest absolute Gasteiger partial charge is 0.222 e. The van der Waals surface area contributed by atoms with Gasteiger partial charge in [-0.25, -0.2) is 8.42 Å². The fourth-order valence-electron chi connectivity index (χ4n) is 4.07. The van der Waals surface area contributed by atoms with Crippen molar-refractivity contribution < 1.29 is 17.9 Å². The van der Waals surface area contributed by atoms with Crippen LogP contribution in [0.3, 0.4) is 0 Å². The van der Waals surface area contributed by atoms with Gasteiger partial charge in [-0.15, -0.1) is 0 Å². The minimum Gasteiger partial charge on any atom is -0.380 e. The number of nitrogens with zero attached hydrogens (tertiary/aromatic N) is 2. The van der Waals surface area contributed by atoms with Gasteiger partial charge in [-0.05, 0) is 43.4 Å². The molecule has 7 heteroatoms. The number of aryl methyl sites for hydroxylation is 1. The molecule has 1 aromatic rings. The molecule has 0 bridgehead atoms. The molecule has 0 saturated carbocycles.